The fraction of sp³-hybridized carbons (Fsp3) is 1.00. The van der Waals surface area contributed by atoms with E-state index in [1.54, 1.807) is 0 Å². The van der Waals surface area contributed by atoms with Crippen LogP contribution in [0.5, 0.6) is 0 Å². The van der Waals surface area contributed by atoms with Gasteiger partial charge in [-0.3, -0.25) is 4.90 Å². The molecular weight excluding hydrogens is 248 g/mol. The molecule has 0 bridgehead atoms. The van der Waals surface area contributed by atoms with Crippen molar-refractivity contribution >= 4 is 0 Å². The van der Waals surface area contributed by atoms with Gasteiger partial charge in [-0.1, -0.05) is 26.2 Å². The molecule has 2 atom stereocenters. The maximum atomic E-state index is 5.57. The number of hydrogen-bond donors (Lipinski definition) is 1. The molecule has 20 heavy (non-hydrogen) atoms. The van der Waals surface area contributed by atoms with Crippen LogP contribution in [0, 0.1) is 5.92 Å². The minimum Gasteiger partial charge on any atom is -0.380 e. The first kappa shape index (κ1) is 16.3. The third kappa shape index (κ3) is 5.01. The summed E-state index contributed by atoms with van der Waals surface area (Å²) in [6, 6.07) is 0.700. The molecule has 0 aromatic heterocycles. The maximum absolute atomic E-state index is 5.57. The highest BCUT2D eigenvalue weighted by molar-refractivity contribution is 4.84. The van der Waals surface area contributed by atoms with Crippen molar-refractivity contribution in [3.8, 4) is 0 Å². The molecule has 1 heterocycles. The highest BCUT2D eigenvalue weighted by Crippen LogP contribution is 2.27. The van der Waals surface area contributed by atoms with E-state index in [4.69, 9.17) is 4.74 Å². The first-order valence-electron chi connectivity index (χ1n) is 8.82. The highest BCUT2D eigenvalue weighted by Gasteiger charge is 2.27. The largest absolute Gasteiger partial charge is 0.380 e. The van der Waals surface area contributed by atoms with Gasteiger partial charge in [-0.05, 0) is 51.1 Å². The van der Waals surface area contributed by atoms with Crippen LogP contribution in [0.3, 0.4) is 0 Å². The van der Waals surface area contributed by atoms with Gasteiger partial charge >= 0.3 is 0 Å². The summed E-state index contributed by atoms with van der Waals surface area (Å²) in [5.41, 5.74) is 0. The molecule has 0 amide bonds. The fourth-order valence-electron chi connectivity index (χ4n) is 3.90. The molecular formula is C17H34N2O. The molecule has 3 heteroatoms. The molecule has 2 fully saturated rings. The molecule has 0 aromatic rings. The van der Waals surface area contributed by atoms with E-state index in [0.29, 0.717) is 12.1 Å². The van der Waals surface area contributed by atoms with Gasteiger partial charge in [0.1, 0.15) is 0 Å². The topological polar surface area (TPSA) is 24.5 Å². The molecule has 0 spiro atoms. The Balaban J connectivity index is 1.85. The van der Waals surface area contributed by atoms with Crippen molar-refractivity contribution in [2.75, 3.05) is 33.3 Å². The Bertz CT molecular complexity index is 253. The fourth-order valence-corrected chi connectivity index (χ4v) is 3.90. The lowest BCUT2D eigenvalue weighted by Gasteiger charge is -2.38. The summed E-state index contributed by atoms with van der Waals surface area (Å²) in [7, 11) is 1.86. The van der Waals surface area contributed by atoms with E-state index in [9.17, 15) is 0 Å². The maximum Gasteiger partial charge on any atom is 0.0698 e. The summed E-state index contributed by atoms with van der Waals surface area (Å²) < 4.78 is 5.57. The Kier molecular flexibility index (Phi) is 7.32. The highest BCUT2D eigenvalue weighted by atomic mass is 16.5. The van der Waals surface area contributed by atoms with Crippen LogP contribution in [0.15, 0.2) is 0 Å². The van der Waals surface area contributed by atoms with Crippen LogP contribution >= 0.6 is 0 Å². The molecule has 1 saturated carbocycles. The zero-order valence-corrected chi connectivity index (χ0v) is 13.6. The summed E-state index contributed by atoms with van der Waals surface area (Å²) >= 11 is 0. The van der Waals surface area contributed by atoms with Crippen LogP contribution in [0.25, 0.3) is 0 Å². The molecule has 2 rings (SSSR count). The lowest BCUT2D eigenvalue weighted by Crippen LogP contribution is -2.50. The number of rotatable bonds is 7. The van der Waals surface area contributed by atoms with Crippen molar-refractivity contribution < 1.29 is 4.74 Å². The predicted octanol–water partition coefficient (Wildman–Crippen LogP) is 3.05. The standard InChI is InChI=1S/C17H34N2O/c1-3-11-18-17(15-8-5-4-6-9-15)14-19-12-7-10-16(13-19)20-2/h15-18H,3-14H2,1-2H3. The van der Waals surface area contributed by atoms with Crippen molar-refractivity contribution in [2.45, 2.75) is 70.4 Å². The smallest absolute Gasteiger partial charge is 0.0698 e. The number of piperidine rings is 1. The average Bonchev–Trinajstić information content (AvgIpc) is 2.52. The molecule has 0 aromatic carbocycles. The quantitative estimate of drug-likeness (QED) is 0.777. The number of nitrogens with zero attached hydrogens (tertiary/aromatic N) is 1. The van der Waals surface area contributed by atoms with E-state index in [0.717, 1.165) is 12.5 Å². The number of hydrogen-bond acceptors (Lipinski definition) is 3. The van der Waals surface area contributed by atoms with E-state index in [1.807, 2.05) is 7.11 Å². The molecule has 3 nitrogen and oxygen atoms in total. The molecule has 2 unspecified atom stereocenters. The van der Waals surface area contributed by atoms with Crippen molar-refractivity contribution in [3.05, 3.63) is 0 Å². The third-order valence-electron chi connectivity index (χ3n) is 5.13. The Hall–Kier alpha value is -0.120. The summed E-state index contributed by atoms with van der Waals surface area (Å²) in [6.07, 6.45) is 11.4. The normalized spacial score (nSPS) is 27.6. The molecule has 1 N–H and O–H groups in total. The first-order valence-corrected chi connectivity index (χ1v) is 8.82. The first-order chi connectivity index (χ1) is 9.83. The average molecular weight is 282 g/mol. The van der Waals surface area contributed by atoms with E-state index in [1.165, 1.54) is 71.0 Å². The predicted molar refractivity (Wildman–Crippen MR) is 85.1 cm³/mol. The number of ether oxygens (including phenoxy) is 1. The van der Waals surface area contributed by atoms with Crippen molar-refractivity contribution in [2.24, 2.45) is 5.92 Å². The minimum atomic E-state index is 0.460. The molecule has 118 valence electrons. The molecule has 0 radical (unpaired) electrons. The second kappa shape index (κ2) is 9.01. The second-order valence-corrected chi connectivity index (χ2v) is 6.72. The van der Waals surface area contributed by atoms with Crippen molar-refractivity contribution in [1.29, 1.82) is 0 Å². The van der Waals surface area contributed by atoms with E-state index >= 15 is 0 Å². The van der Waals surface area contributed by atoms with Crippen LogP contribution < -0.4 is 5.32 Å². The molecule has 1 saturated heterocycles. The number of methoxy groups -OCH3 is 1. The summed E-state index contributed by atoms with van der Waals surface area (Å²) in [6.45, 7) is 7.06. The van der Waals surface area contributed by atoms with Crippen LogP contribution in [0.1, 0.15) is 58.3 Å². The van der Waals surface area contributed by atoms with Gasteiger partial charge in [0.2, 0.25) is 0 Å². The van der Waals surface area contributed by atoms with Crippen molar-refractivity contribution in [3.63, 3.8) is 0 Å². The van der Waals surface area contributed by atoms with Crippen molar-refractivity contribution in [1.82, 2.24) is 10.2 Å². The Morgan fingerprint density at radius 2 is 1.95 bits per heavy atom. The SMILES string of the molecule is CCCNC(CN1CCCC(OC)C1)C1CCCCC1. The van der Waals surface area contributed by atoms with Gasteiger partial charge in [0.15, 0.2) is 0 Å². The van der Waals surface area contributed by atoms with Gasteiger partial charge in [0.25, 0.3) is 0 Å². The van der Waals surface area contributed by atoms with Crippen LogP contribution in [0.4, 0.5) is 0 Å². The van der Waals surface area contributed by atoms with Gasteiger partial charge in [0.05, 0.1) is 6.10 Å². The lowest BCUT2D eigenvalue weighted by atomic mass is 9.83. The minimum absolute atomic E-state index is 0.460. The van der Waals surface area contributed by atoms with Crippen LogP contribution in [-0.2, 0) is 4.74 Å². The summed E-state index contributed by atoms with van der Waals surface area (Å²) in [5, 5.41) is 3.84. The third-order valence-corrected chi connectivity index (χ3v) is 5.13. The van der Waals surface area contributed by atoms with Gasteiger partial charge in [-0.25, -0.2) is 0 Å². The van der Waals surface area contributed by atoms with E-state index in [2.05, 4.69) is 17.1 Å². The Morgan fingerprint density at radius 1 is 1.15 bits per heavy atom. The van der Waals surface area contributed by atoms with E-state index < -0.39 is 0 Å². The van der Waals surface area contributed by atoms with Gasteiger partial charge < -0.3 is 10.1 Å². The number of nitrogens with one attached hydrogen (secondary N) is 1. The Labute approximate surface area is 125 Å². The van der Waals surface area contributed by atoms with Gasteiger partial charge in [-0.2, -0.15) is 0 Å². The van der Waals surface area contributed by atoms with Crippen LogP contribution in [-0.4, -0.2) is 50.3 Å². The zero-order chi connectivity index (χ0) is 14.2. The summed E-state index contributed by atoms with van der Waals surface area (Å²) in [4.78, 5) is 2.64. The molecule has 1 aliphatic carbocycles. The summed E-state index contributed by atoms with van der Waals surface area (Å²) in [5.74, 6) is 0.901. The zero-order valence-electron chi connectivity index (χ0n) is 13.6. The van der Waals surface area contributed by atoms with Gasteiger partial charge in [0, 0.05) is 26.2 Å². The van der Waals surface area contributed by atoms with Crippen LogP contribution in [0.2, 0.25) is 0 Å². The monoisotopic (exact) mass is 282 g/mol. The van der Waals surface area contributed by atoms with E-state index in [-0.39, 0.29) is 0 Å². The number of likely N-dealkylation sites (tertiary alicyclic amines) is 1. The Morgan fingerprint density at radius 3 is 2.65 bits per heavy atom. The second-order valence-electron chi connectivity index (χ2n) is 6.72. The molecule has 1 aliphatic heterocycles. The lowest BCUT2D eigenvalue weighted by molar-refractivity contribution is 0.0243. The van der Waals surface area contributed by atoms with Gasteiger partial charge in [-0.15, -0.1) is 0 Å². The molecule has 2 aliphatic rings.